The summed E-state index contributed by atoms with van der Waals surface area (Å²) in [5.41, 5.74) is 0.799. The minimum atomic E-state index is -3.35. The normalized spacial score (nSPS) is 15.4. The van der Waals surface area contributed by atoms with Gasteiger partial charge in [0, 0.05) is 24.9 Å². The van der Waals surface area contributed by atoms with Crippen LogP contribution in [0, 0.1) is 0 Å². The Balaban J connectivity index is 1.83. The largest absolute Gasteiger partial charge is 0.444 e. The molecule has 3 rings (SSSR count). The third-order valence-corrected chi connectivity index (χ3v) is 5.62. The van der Waals surface area contributed by atoms with Crippen LogP contribution in [0.25, 0.3) is 0 Å². The summed E-state index contributed by atoms with van der Waals surface area (Å²) in [6.07, 6.45) is 1.95. The van der Waals surface area contributed by atoms with Gasteiger partial charge >= 0.3 is 5.97 Å². The summed E-state index contributed by atoms with van der Waals surface area (Å²) in [6.45, 7) is 1.31. The second-order valence-electron chi connectivity index (χ2n) is 6.52. The lowest BCUT2D eigenvalue weighted by Gasteiger charge is -2.23. The molecule has 0 bridgehead atoms. The van der Waals surface area contributed by atoms with Crippen LogP contribution in [0.4, 0.5) is 0 Å². The lowest BCUT2D eigenvalue weighted by Crippen LogP contribution is -2.34. The molecule has 0 unspecified atom stereocenters. The van der Waals surface area contributed by atoms with Crippen molar-refractivity contribution in [2.24, 2.45) is 0 Å². The summed E-state index contributed by atoms with van der Waals surface area (Å²) in [7, 11) is -3.35. The predicted molar refractivity (Wildman–Crippen MR) is 100.0 cm³/mol. The van der Waals surface area contributed by atoms with E-state index < -0.39 is 21.9 Å². The highest BCUT2D eigenvalue weighted by atomic mass is 32.2. The van der Waals surface area contributed by atoms with E-state index in [0.29, 0.717) is 18.7 Å². The zero-order valence-corrected chi connectivity index (χ0v) is 15.8. The summed E-state index contributed by atoms with van der Waals surface area (Å²) in [5, 5.41) is 0. The number of amides is 1. The van der Waals surface area contributed by atoms with E-state index in [1.165, 1.54) is 24.3 Å². The van der Waals surface area contributed by atoms with Crippen LogP contribution in [-0.4, -0.2) is 44.5 Å². The molecule has 1 amide bonds. The van der Waals surface area contributed by atoms with E-state index in [0.717, 1.165) is 19.1 Å². The Morgan fingerprint density at radius 1 is 0.963 bits per heavy atom. The Hall–Kier alpha value is -2.67. The molecule has 2 aromatic rings. The average molecular weight is 387 g/mol. The number of sulfone groups is 1. The molecule has 0 spiro atoms. The van der Waals surface area contributed by atoms with Crippen LogP contribution in [-0.2, 0) is 19.4 Å². The summed E-state index contributed by atoms with van der Waals surface area (Å²) < 4.78 is 28.6. The van der Waals surface area contributed by atoms with Gasteiger partial charge in [0.25, 0.3) is 5.91 Å². The van der Waals surface area contributed by atoms with Gasteiger partial charge in [-0.25, -0.2) is 13.2 Å². The Morgan fingerprint density at radius 3 is 2.11 bits per heavy atom. The number of hydrogen-bond donors (Lipinski definition) is 0. The first-order valence-corrected chi connectivity index (χ1v) is 10.6. The molecule has 1 saturated heterocycles. The Bertz CT molecular complexity index is 917. The fourth-order valence-electron chi connectivity index (χ4n) is 3.01. The quantitative estimate of drug-likeness (QED) is 0.737. The van der Waals surface area contributed by atoms with E-state index in [1.807, 2.05) is 6.07 Å². The monoisotopic (exact) mass is 387 g/mol. The minimum Gasteiger partial charge on any atom is -0.444 e. The van der Waals surface area contributed by atoms with Crippen molar-refractivity contribution in [3.63, 3.8) is 0 Å². The minimum absolute atomic E-state index is 0.117. The first kappa shape index (κ1) is 19.1. The maximum absolute atomic E-state index is 12.9. The Morgan fingerprint density at radius 2 is 1.56 bits per heavy atom. The van der Waals surface area contributed by atoms with Crippen LogP contribution < -0.4 is 0 Å². The fourth-order valence-corrected chi connectivity index (χ4v) is 3.64. The highest BCUT2D eigenvalue weighted by Gasteiger charge is 2.31. The third-order valence-electron chi connectivity index (χ3n) is 4.49. The number of esters is 1. The van der Waals surface area contributed by atoms with E-state index in [-0.39, 0.29) is 16.4 Å². The van der Waals surface area contributed by atoms with Crippen molar-refractivity contribution in [1.82, 2.24) is 4.90 Å². The maximum Gasteiger partial charge on any atom is 0.339 e. The van der Waals surface area contributed by atoms with Gasteiger partial charge in [0.2, 0.25) is 6.10 Å². The van der Waals surface area contributed by atoms with Crippen molar-refractivity contribution in [3.8, 4) is 0 Å². The molecule has 1 aliphatic heterocycles. The first-order chi connectivity index (χ1) is 12.9. The number of rotatable bonds is 5. The standard InChI is InChI=1S/C20H21NO5S/c1-27(24,25)17-11-9-16(10-12-17)20(23)26-18(15-7-3-2-4-8-15)19(22)21-13-5-6-14-21/h2-4,7-12,18H,5-6,13-14H2,1H3/t18-/m0/s1. The number of benzene rings is 2. The van der Waals surface area contributed by atoms with Gasteiger partial charge in [-0.2, -0.15) is 0 Å². The third kappa shape index (κ3) is 4.54. The zero-order chi connectivity index (χ0) is 19.4. The van der Waals surface area contributed by atoms with Crippen LogP contribution in [0.2, 0.25) is 0 Å². The number of carbonyl (C=O) groups is 2. The van der Waals surface area contributed by atoms with Crippen molar-refractivity contribution in [2.45, 2.75) is 23.8 Å². The molecular formula is C20H21NO5S. The SMILES string of the molecule is CS(=O)(=O)c1ccc(C(=O)O[C@H](C(=O)N2CCCC2)c2ccccc2)cc1. The second-order valence-corrected chi connectivity index (χ2v) is 8.54. The van der Waals surface area contributed by atoms with E-state index in [2.05, 4.69) is 0 Å². The molecule has 0 saturated carbocycles. The molecule has 2 aromatic carbocycles. The second kappa shape index (κ2) is 7.92. The van der Waals surface area contributed by atoms with Gasteiger partial charge in [0.05, 0.1) is 10.5 Å². The molecule has 6 nitrogen and oxygen atoms in total. The summed E-state index contributed by atoms with van der Waals surface area (Å²) >= 11 is 0. The van der Waals surface area contributed by atoms with Gasteiger partial charge in [-0.3, -0.25) is 4.79 Å². The van der Waals surface area contributed by atoms with Crippen LogP contribution in [0.15, 0.2) is 59.5 Å². The van der Waals surface area contributed by atoms with Crippen molar-refractivity contribution in [3.05, 3.63) is 65.7 Å². The molecule has 1 fully saturated rings. The van der Waals surface area contributed by atoms with E-state index in [4.69, 9.17) is 4.74 Å². The highest BCUT2D eigenvalue weighted by molar-refractivity contribution is 7.90. The molecule has 7 heteroatoms. The van der Waals surface area contributed by atoms with Crippen LogP contribution in [0.5, 0.6) is 0 Å². The van der Waals surface area contributed by atoms with Gasteiger partial charge in [0.15, 0.2) is 9.84 Å². The van der Waals surface area contributed by atoms with Gasteiger partial charge in [-0.15, -0.1) is 0 Å². The first-order valence-electron chi connectivity index (χ1n) is 8.71. The number of carbonyl (C=O) groups excluding carboxylic acids is 2. The smallest absolute Gasteiger partial charge is 0.339 e. The number of nitrogens with zero attached hydrogens (tertiary/aromatic N) is 1. The Labute approximate surface area is 158 Å². The molecular weight excluding hydrogens is 366 g/mol. The Kier molecular flexibility index (Phi) is 5.60. The molecule has 1 aliphatic rings. The van der Waals surface area contributed by atoms with E-state index in [9.17, 15) is 18.0 Å². The van der Waals surface area contributed by atoms with Crippen LogP contribution in [0.1, 0.15) is 34.9 Å². The molecule has 1 atom stereocenters. The molecule has 0 radical (unpaired) electrons. The van der Waals surface area contributed by atoms with E-state index in [1.54, 1.807) is 29.2 Å². The predicted octanol–water partition coefficient (Wildman–Crippen LogP) is 2.61. The van der Waals surface area contributed by atoms with Crippen LogP contribution >= 0.6 is 0 Å². The fraction of sp³-hybridized carbons (Fsp3) is 0.300. The lowest BCUT2D eigenvalue weighted by atomic mass is 10.1. The van der Waals surface area contributed by atoms with Gasteiger partial charge in [-0.05, 0) is 37.1 Å². The van der Waals surface area contributed by atoms with Gasteiger partial charge < -0.3 is 9.64 Å². The van der Waals surface area contributed by atoms with Gasteiger partial charge in [-0.1, -0.05) is 30.3 Å². The molecule has 0 aromatic heterocycles. The number of likely N-dealkylation sites (tertiary alicyclic amines) is 1. The topological polar surface area (TPSA) is 80.7 Å². The van der Waals surface area contributed by atoms with Crippen molar-refractivity contribution in [1.29, 1.82) is 0 Å². The van der Waals surface area contributed by atoms with Crippen LogP contribution in [0.3, 0.4) is 0 Å². The van der Waals surface area contributed by atoms with Crippen molar-refractivity contribution >= 4 is 21.7 Å². The van der Waals surface area contributed by atoms with Crippen molar-refractivity contribution in [2.75, 3.05) is 19.3 Å². The van der Waals surface area contributed by atoms with E-state index >= 15 is 0 Å². The summed E-state index contributed by atoms with van der Waals surface area (Å²) in [4.78, 5) is 27.3. The maximum atomic E-state index is 12.9. The van der Waals surface area contributed by atoms with Crippen molar-refractivity contribution < 1.29 is 22.7 Å². The molecule has 0 N–H and O–H groups in total. The van der Waals surface area contributed by atoms with Gasteiger partial charge in [0.1, 0.15) is 0 Å². The molecule has 0 aliphatic carbocycles. The zero-order valence-electron chi connectivity index (χ0n) is 15.0. The number of ether oxygens (including phenoxy) is 1. The molecule has 1 heterocycles. The summed E-state index contributed by atoms with van der Waals surface area (Å²) in [6, 6.07) is 14.4. The molecule has 142 valence electrons. The number of hydrogen-bond acceptors (Lipinski definition) is 5. The molecule has 27 heavy (non-hydrogen) atoms. The average Bonchev–Trinajstić information content (AvgIpc) is 3.20. The highest BCUT2D eigenvalue weighted by Crippen LogP contribution is 2.24. The summed E-state index contributed by atoms with van der Waals surface area (Å²) in [5.74, 6) is -0.906. The lowest BCUT2D eigenvalue weighted by molar-refractivity contribution is -0.140.